The Morgan fingerprint density at radius 3 is 3.00 bits per heavy atom. The quantitative estimate of drug-likeness (QED) is 0.528. The third-order valence-electron chi connectivity index (χ3n) is 4.26. The van der Waals surface area contributed by atoms with Gasteiger partial charge in [0.1, 0.15) is 5.75 Å². The summed E-state index contributed by atoms with van der Waals surface area (Å²) in [5, 5.41) is 0. The molecule has 0 unspecified atom stereocenters. The highest BCUT2D eigenvalue weighted by Crippen LogP contribution is 2.26. The minimum atomic E-state index is -0.397. The molecule has 1 aliphatic rings. The average molecular weight is 339 g/mol. The third kappa shape index (κ3) is 3.03. The molecule has 0 fully saturated rings. The number of esters is 1. The summed E-state index contributed by atoms with van der Waals surface area (Å²) >= 11 is 0. The Morgan fingerprint density at radius 2 is 2.08 bits per heavy atom. The van der Waals surface area contributed by atoms with Crippen LogP contribution in [0, 0.1) is 0 Å². The summed E-state index contributed by atoms with van der Waals surface area (Å²) in [6, 6.07) is 12.6. The zero-order valence-corrected chi connectivity index (χ0v) is 13.6. The number of rotatable bonds is 5. The summed E-state index contributed by atoms with van der Waals surface area (Å²) in [6.45, 7) is 1.32. The summed E-state index contributed by atoms with van der Waals surface area (Å²) in [5.74, 6) is 0.0769. The number of oxazole rings is 1. The molecule has 0 atom stereocenters. The second kappa shape index (κ2) is 6.47. The lowest BCUT2D eigenvalue weighted by Crippen LogP contribution is -2.16. The SMILES string of the molecule is O=C(OCCCn1c(=O)oc2ccccc21)c1ccc2c(c1)CCO2. The molecule has 0 saturated carbocycles. The van der Waals surface area contributed by atoms with Crippen molar-refractivity contribution in [1.82, 2.24) is 4.57 Å². The Bertz CT molecular complexity index is 985. The standard InChI is InChI=1S/C19H17NO5/c21-18(14-6-7-16-13(12-14)8-11-23-16)24-10-3-9-20-15-4-1-2-5-17(15)25-19(20)22/h1-2,4-7,12H,3,8-11H2. The number of hydrogen-bond donors (Lipinski definition) is 0. The normalized spacial score (nSPS) is 12.8. The number of aryl methyl sites for hydroxylation is 1. The largest absolute Gasteiger partial charge is 0.493 e. The van der Waals surface area contributed by atoms with Gasteiger partial charge in [-0.3, -0.25) is 4.57 Å². The van der Waals surface area contributed by atoms with Gasteiger partial charge in [0.25, 0.3) is 0 Å². The number of nitrogens with zero attached hydrogens (tertiary/aromatic N) is 1. The maximum absolute atomic E-state index is 12.1. The molecule has 1 aliphatic heterocycles. The van der Waals surface area contributed by atoms with Crippen molar-refractivity contribution in [3.05, 3.63) is 64.1 Å². The fraction of sp³-hybridized carbons (Fsp3) is 0.263. The van der Waals surface area contributed by atoms with Gasteiger partial charge in [-0.2, -0.15) is 0 Å². The number of para-hydroxylation sites is 2. The van der Waals surface area contributed by atoms with Crippen LogP contribution in [0.3, 0.4) is 0 Å². The van der Waals surface area contributed by atoms with Crippen LogP contribution in [-0.4, -0.2) is 23.8 Å². The van der Waals surface area contributed by atoms with Crippen molar-refractivity contribution < 1.29 is 18.7 Å². The molecule has 0 N–H and O–H groups in total. The van der Waals surface area contributed by atoms with E-state index in [9.17, 15) is 9.59 Å². The second-order valence-electron chi connectivity index (χ2n) is 5.90. The zero-order valence-electron chi connectivity index (χ0n) is 13.6. The van der Waals surface area contributed by atoms with Gasteiger partial charge < -0.3 is 13.9 Å². The molecule has 128 valence electrons. The lowest BCUT2D eigenvalue weighted by Gasteiger charge is -2.06. The monoisotopic (exact) mass is 339 g/mol. The van der Waals surface area contributed by atoms with Gasteiger partial charge in [0.2, 0.25) is 0 Å². The van der Waals surface area contributed by atoms with Crippen LogP contribution in [0.1, 0.15) is 22.3 Å². The zero-order chi connectivity index (χ0) is 17.2. The van der Waals surface area contributed by atoms with Crippen molar-refractivity contribution in [2.45, 2.75) is 19.4 Å². The molecule has 0 radical (unpaired) electrons. The average Bonchev–Trinajstić information content (AvgIpc) is 3.21. The van der Waals surface area contributed by atoms with E-state index in [0.29, 0.717) is 30.7 Å². The van der Waals surface area contributed by atoms with Gasteiger partial charge in [-0.1, -0.05) is 12.1 Å². The molecule has 0 spiro atoms. The van der Waals surface area contributed by atoms with Gasteiger partial charge in [-0.25, -0.2) is 9.59 Å². The van der Waals surface area contributed by atoms with E-state index in [0.717, 1.165) is 23.3 Å². The minimum absolute atomic E-state index is 0.234. The molecule has 6 heteroatoms. The molecule has 2 heterocycles. The summed E-state index contributed by atoms with van der Waals surface area (Å²) < 4.78 is 17.5. The maximum Gasteiger partial charge on any atom is 0.419 e. The van der Waals surface area contributed by atoms with Crippen molar-refractivity contribution >= 4 is 17.1 Å². The van der Waals surface area contributed by atoms with Gasteiger partial charge in [0, 0.05) is 13.0 Å². The van der Waals surface area contributed by atoms with Crippen LogP contribution in [0.2, 0.25) is 0 Å². The Morgan fingerprint density at radius 1 is 1.20 bits per heavy atom. The van der Waals surface area contributed by atoms with E-state index in [4.69, 9.17) is 13.9 Å². The highest BCUT2D eigenvalue weighted by atomic mass is 16.5. The molecule has 6 nitrogen and oxygen atoms in total. The fourth-order valence-corrected chi connectivity index (χ4v) is 3.01. The van der Waals surface area contributed by atoms with Crippen LogP contribution >= 0.6 is 0 Å². The Hall–Kier alpha value is -3.02. The van der Waals surface area contributed by atoms with Crippen LogP contribution < -0.4 is 10.5 Å². The smallest absolute Gasteiger partial charge is 0.419 e. The summed E-state index contributed by atoms with van der Waals surface area (Å²) in [7, 11) is 0. The summed E-state index contributed by atoms with van der Waals surface area (Å²) in [5.41, 5.74) is 2.86. The van der Waals surface area contributed by atoms with Crippen molar-refractivity contribution in [1.29, 1.82) is 0 Å². The van der Waals surface area contributed by atoms with Gasteiger partial charge in [-0.05, 0) is 42.3 Å². The maximum atomic E-state index is 12.1. The number of ether oxygens (including phenoxy) is 2. The molecule has 25 heavy (non-hydrogen) atoms. The Balaban J connectivity index is 1.35. The third-order valence-corrected chi connectivity index (χ3v) is 4.26. The lowest BCUT2D eigenvalue weighted by atomic mass is 10.1. The molecule has 4 rings (SSSR count). The van der Waals surface area contributed by atoms with Crippen LogP contribution in [-0.2, 0) is 17.7 Å². The molecule has 3 aromatic rings. The van der Waals surface area contributed by atoms with Crippen molar-refractivity contribution in [3.8, 4) is 5.75 Å². The highest BCUT2D eigenvalue weighted by molar-refractivity contribution is 5.90. The van der Waals surface area contributed by atoms with Crippen LogP contribution in [0.4, 0.5) is 0 Å². The van der Waals surface area contributed by atoms with E-state index in [1.807, 2.05) is 24.3 Å². The van der Waals surface area contributed by atoms with Crippen LogP contribution in [0.25, 0.3) is 11.1 Å². The molecular formula is C19H17NO5. The highest BCUT2D eigenvalue weighted by Gasteiger charge is 2.16. The Kier molecular flexibility index (Phi) is 4.01. The van der Waals surface area contributed by atoms with Gasteiger partial charge in [-0.15, -0.1) is 0 Å². The van der Waals surface area contributed by atoms with E-state index >= 15 is 0 Å². The van der Waals surface area contributed by atoms with Crippen molar-refractivity contribution in [3.63, 3.8) is 0 Å². The van der Waals surface area contributed by atoms with E-state index in [-0.39, 0.29) is 12.6 Å². The van der Waals surface area contributed by atoms with Crippen molar-refractivity contribution in [2.75, 3.05) is 13.2 Å². The molecule has 1 aromatic heterocycles. The first-order valence-electron chi connectivity index (χ1n) is 8.23. The first kappa shape index (κ1) is 15.5. The number of benzene rings is 2. The minimum Gasteiger partial charge on any atom is -0.493 e. The van der Waals surface area contributed by atoms with Crippen LogP contribution in [0.15, 0.2) is 51.7 Å². The molecule has 2 aromatic carbocycles. The molecular weight excluding hydrogens is 322 g/mol. The van der Waals surface area contributed by atoms with Gasteiger partial charge in [0.15, 0.2) is 5.58 Å². The van der Waals surface area contributed by atoms with Crippen LogP contribution in [0.5, 0.6) is 5.75 Å². The fourth-order valence-electron chi connectivity index (χ4n) is 3.01. The number of carbonyl (C=O) groups excluding carboxylic acids is 1. The predicted octanol–water partition coefficient (Wildman–Crippen LogP) is 2.78. The van der Waals surface area contributed by atoms with E-state index in [1.165, 1.54) is 0 Å². The Labute approximate surface area is 143 Å². The van der Waals surface area contributed by atoms with Crippen molar-refractivity contribution in [2.24, 2.45) is 0 Å². The van der Waals surface area contributed by atoms with E-state index in [1.54, 1.807) is 22.8 Å². The number of hydrogen-bond acceptors (Lipinski definition) is 5. The van der Waals surface area contributed by atoms with E-state index in [2.05, 4.69) is 0 Å². The second-order valence-corrected chi connectivity index (χ2v) is 5.90. The lowest BCUT2D eigenvalue weighted by molar-refractivity contribution is 0.0496. The van der Waals surface area contributed by atoms with Gasteiger partial charge >= 0.3 is 11.7 Å². The molecule has 0 amide bonds. The first-order chi connectivity index (χ1) is 12.2. The molecule has 0 aliphatic carbocycles. The summed E-state index contributed by atoms with van der Waals surface area (Å²) in [4.78, 5) is 24.0. The first-order valence-corrected chi connectivity index (χ1v) is 8.23. The topological polar surface area (TPSA) is 70.7 Å². The van der Waals surface area contributed by atoms with E-state index < -0.39 is 5.76 Å². The number of carbonyl (C=O) groups is 1. The van der Waals surface area contributed by atoms with Gasteiger partial charge in [0.05, 0.1) is 24.3 Å². The number of aromatic nitrogens is 1. The molecule has 0 bridgehead atoms. The number of fused-ring (bicyclic) bond motifs is 2. The predicted molar refractivity (Wildman–Crippen MR) is 91.0 cm³/mol. The summed E-state index contributed by atoms with van der Waals surface area (Å²) in [6.07, 6.45) is 1.34. The molecule has 0 saturated heterocycles.